The van der Waals surface area contributed by atoms with Crippen molar-refractivity contribution >= 4 is 10.8 Å². The summed E-state index contributed by atoms with van der Waals surface area (Å²) in [6.07, 6.45) is -4.57. The van der Waals surface area contributed by atoms with Gasteiger partial charge in [-0.15, -0.1) is 0 Å². The third-order valence-corrected chi connectivity index (χ3v) is 5.95. The molecular formula is C29H20F3NO2. The molecule has 0 spiro atoms. The molecule has 1 aromatic heterocycles. The fourth-order valence-electron chi connectivity index (χ4n) is 4.32. The molecule has 4 aromatic carbocycles. The van der Waals surface area contributed by atoms with Gasteiger partial charge in [-0.3, -0.25) is 9.36 Å². The normalized spacial score (nSPS) is 11.5. The van der Waals surface area contributed by atoms with Crippen LogP contribution in [0.1, 0.15) is 5.56 Å². The van der Waals surface area contributed by atoms with Crippen molar-refractivity contribution in [2.45, 2.75) is 6.18 Å². The minimum absolute atomic E-state index is 0.00539. The lowest BCUT2D eigenvalue weighted by Gasteiger charge is -2.21. The average Bonchev–Trinajstić information content (AvgIpc) is 2.89. The molecular weight excluding hydrogens is 451 g/mol. The van der Waals surface area contributed by atoms with Gasteiger partial charge in [0, 0.05) is 16.6 Å². The van der Waals surface area contributed by atoms with Gasteiger partial charge in [0.2, 0.25) is 0 Å². The first kappa shape index (κ1) is 22.5. The molecule has 0 atom stereocenters. The molecule has 1 heterocycles. The zero-order valence-corrected chi connectivity index (χ0v) is 18.7. The summed E-state index contributed by atoms with van der Waals surface area (Å²) in [7, 11) is 1.54. The molecule has 0 radical (unpaired) electrons. The van der Waals surface area contributed by atoms with Crippen LogP contribution in [-0.2, 0) is 6.18 Å². The zero-order valence-electron chi connectivity index (χ0n) is 18.7. The Balaban J connectivity index is 1.99. The van der Waals surface area contributed by atoms with Crippen LogP contribution in [0.3, 0.4) is 0 Å². The summed E-state index contributed by atoms with van der Waals surface area (Å²) < 4.78 is 47.5. The number of fused-ring (bicyclic) bond motifs is 1. The van der Waals surface area contributed by atoms with Gasteiger partial charge in [0.05, 0.1) is 18.4 Å². The second-order valence-electron chi connectivity index (χ2n) is 8.05. The van der Waals surface area contributed by atoms with E-state index < -0.39 is 17.3 Å². The highest BCUT2D eigenvalue weighted by molar-refractivity contribution is 6.03. The standard InChI is InChI=1S/C29H20F3NO2/c1-35-23-15-13-22(14-16-23)33-27(20-10-6-3-7-11-20)26(19-8-4-2-5-9-19)24-17-12-21(29(30,31)32)18-25(24)28(33)34/h2-18H,1H3. The number of rotatable bonds is 4. The maximum absolute atomic E-state index is 13.9. The molecule has 174 valence electrons. The second-order valence-corrected chi connectivity index (χ2v) is 8.05. The summed E-state index contributed by atoms with van der Waals surface area (Å²) >= 11 is 0. The van der Waals surface area contributed by atoms with Crippen LogP contribution in [0.4, 0.5) is 13.2 Å². The van der Waals surface area contributed by atoms with Gasteiger partial charge >= 0.3 is 6.18 Å². The molecule has 0 fully saturated rings. The maximum atomic E-state index is 13.9. The Labute approximate surface area is 199 Å². The number of pyridine rings is 1. The molecule has 0 saturated heterocycles. The number of benzene rings is 4. The van der Waals surface area contributed by atoms with Crippen molar-refractivity contribution in [3.05, 3.63) is 119 Å². The van der Waals surface area contributed by atoms with E-state index >= 15 is 0 Å². The molecule has 0 aliphatic carbocycles. The summed E-state index contributed by atoms with van der Waals surface area (Å²) in [5.74, 6) is 0.603. The maximum Gasteiger partial charge on any atom is 0.416 e. The van der Waals surface area contributed by atoms with Crippen molar-refractivity contribution in [1.82, 2.24) is 4.57 Å². The molecule has 3 nitrogen and oxygen atoms in total. The van der Waals surface area contributed by atoms with Crippen LogP contribution in [0, 0.1) is 0 Å². The first-order valence-electron chi connectivity index (χ1n) is 10.9. The number of nitrogens with zero attached hydrogens (tertiary/aromatic N) is 1. The number of aromatic nitrogens is 1. The number of hydrogen-bond acceptors (Lipinski definition) is 2. The van der Waals surface area contributed by atoms with Crippen LogP contribution in [-0.4, -0.2) is 11.7 Å². The Kier molecular flexibility index (Phi) is 5.65. The molecule has 0 aliphatic rings. The third-order valence-electron chi connectivity index (χ3n) is 5.95. The first-order chi connectivity index (χ1) is 16.9. The Bertz CT molecular complexity index is 1560. The largest absolute Gasteiger partial charge is 0.497 e. The van der Waals surface area contributed by atoms with Crippen molar-refractivity contribution in [2.24, 2.45) is 0 Å². The quantitative estimate of drug-likeness (QED) is 0.274. The van der Waals surface area contributed by atoms with E-state index in [1.807, 2.05) is 60.7 Å². The average molecular weight is 471 g/mol. The van der Waals surface area contributed by atoms with E-state index in [1.165, 1.54) is 10.6 Å². The lowest BCUT2D eigenvalue weighted by atomic mass is 9.92. The fraction of sp³-hybridized carbons (Fsp3) is 0.0690. The van der Waals surface area contributed by atoms with E-state index in [2.05, 4.69) is 0 Å². The van der Waals surface area contributed by atoms with Crippen molar-refractivity contribution < 1.29 is 17.9 Å². The molecule has 0 unspecified atom stereocenters. The van der Waals surface area contributed by atoms with Gasteiger partial charge in [0.15, 0.2) is 0 Å². The zero-order chi connectivity index (χ0) is 24.6. The molecule has 35 heavy (non-hydrogen) atoms. The van der Waals surface area contributed by atoms with Crippen LogP contribution in [0.25, 0.3) is 38.8 Å². The highest BCUT2D eigenvalue weighted by atomic mass is 19.4. The Morgan fingerprint density at radius 3 is 1.89 bits per heavy atom. The van der Waals surface area contributed by atoms with E-state index in [0.717, 1.165) is 23.3 Å². The van der Waals surface area contributed by atoms with Crippen molar-refractivity contribution in [1.29, 1.82) is 0 Å². The summed E-state index contributed by atoms with van der Waals surface area (Å²) in [4.78, 5) is 13.9. The van der Waals surface area contributed by atoms with Gasteiger partial charge < -0.3 is 4.74 Å². The van der Waals surface area contributed by atoms with E-state index in [1.54, 1.807) is 31.4 Å². The minimum Gasteiger partial charge on any atom is -0.497 e. The van der Waals surface area contributed by atoms with Crippen LogP contribution in [0.15, 0.2) is 108 Å². The molecule has 0 N–H and O–H groups in total. The van der Waals surface area contributed by atoms with Gasteiger partial charge in [-0.25, -0.2) is 0 Å². The Morgan fingerprint density at radius 1 is 0.714 bits per heavy atom. The number of alkyl halides is 3. The molecule has 0 amide bonds. The highest BCUT2D eigenvalue weighted by Gasteiger charge is 2.31. The van der Waals surface area contributed by atoms with Gasteiger partial charge in [0.25, 0.3) is 5.56 Å². The third kappa shape index (κ3) is 4.08. The van der Waals surface area contributed by atoms with Crippen molar-refractivity contribution in [3.8, 4) is 33.8 Å². The minimum atomic E-state index is -4.57. The van der Waals surface area contributed by atoms with Crippen molar-refractivity contribution in [3.63, 3.8) is 0 Å². The van der Waals surface area contributed by atoms with Gasteiger partial charge in [-0.05, 0) is 52.9 Å². The number of methoxy groups -OCH3 is 1. The van der Waals surface area contributed by atoms with Crippen LogP contribution in [0.2, 0.25) is 0 Å². The Hall–Kier alpha value is -4.32. The summed E-state index contributed by atoms with van der Waals surface area (Å²) in [6.45, 7) is 0. The van der Waals surface area contributed by atoms with Gasteiger partial charge in [-0.1, -0.05) is 66.7 Å². The SMILES string of the molecule is COc1ccc(-n2c(-c3ccccc3)c(-c3ccccc3)c3ccc(C(F)(F)F)cc3c2=O)cc1. The van der Waals surface area contributed by atoms with E-state index in [4.69, 9.17) is 4.74 Å². The monoisotopic (exact) mass is 471 g/mol. The first-order valence-corrected chi connectivity index (χ1v) is 10.9. The van der Waals surface area contributed by atoms with E-state index in [9.17, 15) is 18.0 Å². The predicted molar refractivity (Wildman–Crippen MR) is 132 cm³/mol. The number of ether oxygens (including phenoxy) is 1. The van der Waals surface area contributed by atoms with Gasteiger partial charge in [0.1, 0.15) is 5.75 Å². The summed E-state index contributed by atoms with van der Waals surface area (Å²) in [6, 6.07) is 29.0. The van der Waals surface area contributed by atoms with E-state index in [-0.39, 0.29) is 5.39 Å². The second kappa shape index (κ2) is 8.80. The van der Waals surface area contributed by atoms with Gasteiger partial charge in [-0.2, -0.15) is 13.2 Å². The molecule has 0 saturated carbocycles. The number of halogens is 3. The molecule has 6 heteroatoms. The smallest absolute Gasteiger partial charge is 0.416 e. The highest BCUT2D eigenvalue weighted by Crippen LogP contribution is 2.40. The van der Waals surface area contributed by atoms with Crippen LogP contribution >= 0.6 is 0 Å². The fourth-order valence-corrected chi connectivity index (χ4v) is 4.32. The summed E-state index contributed by atoms with van der Waals surface area (Å²) in [5.41, 5.74) is 1.95. The molecule has 0 bridgehead atoms. The summed E-state index contributed by atoms with van der Waals surface area (Å²) in [5, 5.41) is 0.451. The predicted octanol–water partition coefficient (Wildman–Crippen LogP) is 7.35. The molecule has 0 aliphatic heterocycles. The molecule has 5 rings (SSSR count). The molecule has 5 aromatic rings. The van der Waals surface area contributed by atoms with Crippen LogP contribution < -0.4 is 10.3 Å². The van der Waals surface area contributed by atoms with Crippen molar-refractivity contribution in [2.75, 3.05) is 7.11 Å². The number of hydrogen-bond donors (Lipinski definition) is 0. The Morgan fingerprint density at radius 2 is 1.31 bits per heavy atom. The van der Waals surface area contributed by atoms with Crippen LogP contribution in [0.5, 0.6) is 5.75 Å². The topological polar surface area (TPSA) is 31.2 Å². The lowest BCUT2D eigenvalue weighted by Crippen LogP contribution is -2.22. The van der Waals surface area contributed by atoms with E-state index in [0.29, 0.717) is 28.1 Å². The lowest BCUT2D eigenvalue weighted by molar-refractivity contribution is -0.137.